The lowest BCUT2D eigenvalue weighted by Gasteiger charge is -2.21. The van der Waals surface area contributed by atoms with Gasteiger partial charge in [-0.05, 0) is 11.5 Å². The normalized spacial score (nSPS) is 14.2. The molecule has 0 unspecified atom stereocenters. The van der Waals surface area contributed by atoms with Gasteiger partial charge in [-0.2, -0.15) is 0 Å². The molecule has 2 atom stereocenters. The summed E-state index contributed by atoms with van der Waals surface area (Å²) in [5.74, 6) is -0.301. The van der Waals surface area contributed by atoms with Crippen LogP contribution in [0.4, 0.5) is 0 Å². The van der Waals surface area contributed by atoms with Gasteiger partial charge in [-0.25, -0.2) is 0 Å². The van der Waals surface area contributed by atoms with Crippen molar-refractivity contribution in [3.8, 4) is 0 Å². The van der Waals surface area contributed by atoms with E-state index < -0.39 is 18.1 Å². The minimum absolute atomic E-state index is 0.175. The lowest BCUT2D eigenvalue weighted by atomic mass is 9.96. The van der Waals surface area contributed by atoms with Crippen LogP contribution in [0.5, 0.6) is 0 Å². The molecular weight excluding hydrogens is 242 g/mol. The number of aliphatic hydroxyl groups is 2. The third-order valence-corrected chi connectivity index (χ3v) is 3.44. The summed E-state index contributed by atoms with van der Waals surface area (Å²) in [5.41, 5.74) is 0.553. The molecule has 1 amide bonds. The Kier molecular flexibility index (Phi) is 6.53. The molecule has 4 heteroatoms. The fourth-order valence-electron chi connectivity index (χ4n) is 2.09. The molecule has 19 heavy (non-hydrogen) atoms. The summed E-state index contributed by atoms with van der Waals surface area (Å²) >= 11 is 0. The number of amides is 1. The third kappa shape index (κ3) is 4.65. The summed E-state index contributed by atoms with van der Waals surface area (Å²) in [6.07, 6.45) is -0.0131. The average molecular weight is 265 g/mol. The van der Waals surface area contributed by atoms with E-state index >= 15 is 0 Å². The fourth-order valence-corrected chi connectivity index (χ4v) is 2.09. The van der Waals surface area contributed by atoms with Gasteiger partial charge in [0.05, 0.1) is 6.10 Å². The van der Waals surface area contributed by atoms with Crippen LogP contribution in [0.25, 0.3) is 0 Å². The molecule has 0 spiro atoms. The molecule has 3 N–H and O–H groups in total. The quantitative estimate of drug-likeness (QED) is 0.702. The van der Waals surface area contributed by atoms with Crippen molar-refractivity contribution in [3.05, 3.63) is 35.9 Å². The van der Waals surface area contributed by atoms with E-state index in [1.807, 2.05) is 19.9 Å². The molecule has 4 nitrogen and oxygen atoms in total. The van der Waals surface area contributed by atoms with Gasteiger partial charge in [-0.1, -0.05) is 57.0 Å². The summed E-state index contributed by atoms with van der Waals surface area (Å²) < 4.78 is 0. The van der Waals surface area contributed by atoms with E-state index in [0.717, 1.165) is 12.8 Å². The molecule has 1 rings (SSSR count). The fraction of sp³-hybridized carbons (Fsp3) is 0.533. The van der Waals surface area contributed by atoms with Gasteiger partial charge in [0.1, 0.15) is 0 Å². The molecule has 0 aliphatic rings. The Morgan fingerprint density at radius 2 is 1.74 bits per heavy atom. The number of hydrogen-bond donors (Lipinski definition) is 3. The molecule has 0 aliphatic carbocycles. The van der Waals surface area contributed by atoms with Gasteiger partial charge in [0.15, 0.2) is 6.10 Å². The largest absolute Gasteiger partial charge is 0.391 e. The first-order valence-corrected chi connectivity index (χ1v) is 6.78. The van der Waals surface area contributed by atoms with Crippen LogP contribution in [0.3, 0.4) is 0 Å². The molecule has 0 radical (unpaired) electrons. The van der Waals surface area contributed by atoms with Gasteiger partial charge in [0, 0.05) is 6.54 Å². The van der Waals surface area contributed by atoms with Crippen LogP contribution in [-0.2, 0) is 4.79 Å². The summed E-state index contributed by atoms with van der Waals surface area (Å²) in [7, 11) is 0. The van der Waals surface area contributed by atoms with Crippen molar-refractivity contribution in [1.82, 2.24) is 5.32 Å². The maximum Gasteiger partial charge on any atom is 0.253 e. The van der Waals surface area contributed by atoms with Gasteiger partial charge in [0.2, 0.25) is 0 Å². The predicted octanol–water partition coefficient (Wildman–Crippen LogP) is 1.63. The van der Waals surface area contributed by atoms with Crippen LogP contribution < -0.4 is 5.32 Å². The van der Waals surface area contributed by atoms with Crippen molar-refractivity contribution in [2.24, 2.45) is 5.92 Å². The average Bonchev–Trinajstić information content (AvgIpc) is 2.46. The third-order valence-electron chi connectivity index (χ3n) is 3.44. The minimum Gasteiger partial charge on any atom is -0.391 e. The number of hydrogen-bond acceptors (Lipinski definition) is 3. The first-order valence-electron chi connectivity index (χ1n) is 6.78. The zero-order valence-electron chi connectivity index (χ0n) is 11.5. The Labute approximate surface area is 114 Å². The standard InChI is InChI=1S/C15H23NO3/c1-3-11(4-2)13(17)10-16-15(19)14(18)12-8-6-5-7-9-12/h5-9,11,13-14,17-18H,3-4,10H2,1-2H3,(H,16,19)/t13-,14+/m0/s1. The van der Waals surface area contributed by atoms with Crippen molar-refractivity contribution in [2.75, 3.05) is 6.54 Å². The Hall–Kier alpha value is -1.39. The Morgan fingerprint density at radius 1 is 1.16 bits per heavy atom. The maximum absolute atomic E-state index is 11.8. The number of rotatable bonds is 7. The summed E-state index contributed by atoms with van der Waals surface area (Å²) in [6.45, 7) is 4.20. The Bertz CT molecular complexity index is 376. The minimum atomic E-state index is -1.19. The molecule has 106 valence electrons. The van der Waals surface area contributed by atoms with Crippen LogP contribution in [0, 0.1) is 5.92 Å². The lowest BCUT2D eigenvalue weighted by Crippen LogP contribution is -2.38. The van der Waals surface area contributed by atoms with E-state index in [1.54, 1.807) is 24.3 Å². The zero-order chi connectivity index (χ0) is 14.3. The van der Waals surface area contributed by atoms with Gasteiger partial charge >= 0.3 is 0 Å². The van der Waals surface area contributed by atoms with Gasteiger partial charge < -0.3 is 15.5 Å². The van der Waals surface area contributed by atoms with E-state index in [1.165, 1.54) is 0 Å². The van der Waals surface area contributed by atoms with E-state index in [2.05, 4.69) is 5.32 Å². The molecule has 0 aliphatic heterocycles. The highest BCUT2D eigenvalue weighted by atomic mass is 16.3. The number of aliphatic hydroxyl groups excluding tert-OH is 2. The predicted molar refractivity (Wildman–Crippen MR) is 74.5 cm³/mol. The smallest absolute Gasteiger partial charge is 0.253 e. The first-order chi connectivity index (χ1) is 9.10. The molecule has 0 fully saturated rings. The Balaban J connectivity index is 2.47. The van der Waals surface area contributed by atoms with Crippen LogP contribution in [0.2, 0.25) is 0 Å². The van der Waals surface area contributed by atoms with Crippen molar-refractivity contribution in [3.63, 3.8) is 0 Å². The topological polar surface area (TPSA) is 69.6 Å². The number of carbonyl (C=O) groups excluding carboxylic acids is 1. The molecule has 0 saturated carbocycles. The molecule has 0 heterocycles. The second kappa shape index (κ2) is 7.92. The summed E-state index contributed by atoms with van der Waals surface area (Å²) in [4.78, 5) is 11.8. The van der Waals surface area contributed by atoms with Crippen LogP contribution in [0.15, 0.2) is 30.3 Å². The maximum atomic E-state index is 11.8. The number of nitrogens with one attached hydrogen (secondary N) is 1. The second-order valence-electron chi connectivity index (χ2n) is 4.70. The number of carbonyl (C=O) groups is 1. The summed E-state index contributed by atoms with van der Waals surface area (Å²) in [5, 5.41) is 22.4. The molecule has 1 aromatic carbocycles. The van der Waals surface area contributed by atoms with Crippen LogP contribution >= 0.6 is 0 Å². The highest BCUT2D eigenvalue weighted by Crippen LogP contribution is 2.14. The SMILES string of the molecule is CCC(CC)[C@@H](O)CNC(=O)[C@H](O)c1ccccc1. The molecule has 0 aromatic heterocycles. The molecule has 0 saturated heterocycles. The van der Waals surface area contributed by atoms with E-state index in [-0.39, 0.29) is 12.5 Å². The molecular formula is C15H23NO3. The van der Waals surface area contributed by atoms with E-state index in [4.69, 9.17) is 0 Å². The van der Waals surface area contributed by atoms with Gasteiger partial charge in [0.25, 0.3) is 5.91 Å². The van der Waals surface area contributed by atoms with Gasteiger partial charge in [-0.15, -0.1) is 0 Å². The number of benzene rings is 1. The highest BCUT2D eigenvalue weighted by molar-refractivity contribution is 5.81. The van der Waals surface area contributed by atoms with Crippen molar-refractivity contribution in [2.45, 2.75) is 38.9 Å². The van der Waals surface area contributed by atoms with Crippen LogP contribution in [-0.4, -0.2) is 28.8 Å². The van der Waals surface area contributed by atoms with E-state index in [9.17, 15) is 15.0 Å². The van der Waals surface area contributed by atoms with Crippen molar-refractivity contribution >= 4 is 5.91 Å². The molecule has 1 aromatic rings. The van der Waals surface area contributed by atoms with Crippen molar-refractivity contribution < 1.29 is 15.0 Å². The first kappa shape index (κ1) is 15.7. The van der Waals surface area contributed by atoms with Crippen LogP contribution in [0.1, 0.15) is 38.4 Å². The van der Waals surface area contributed by atoms with Crippen molar-refractivity contribution in [1.29, 1.82) is 0 Å². The zero-order valence-corrected chi connectivity index (χ0v) is 11.5. The second-order valence-corrected chi connectivity index (χ2v) is 4.70. The summed E-state index contributed by atoms with van der Waals surface area (Å²) in [6, 6.07) is 8.75. The van der Waals surface area contributed by atoms with Gasteiger partial charge in [-0.3, -0.25) is 4.79 Å². The van der Waals surface area contributed by atoms with E-state index in [0.29, 0.717) is 5.56 Å². The Morgan fingerprint density at radius 3 is 2.26 bits per heavy atom. The highest BCUT2D eigenvalue weighted by Gasteiger charge is 2.20. The monoisotopic (exact) mass is 265 g/mol. The lowest BCUT2D eigenvalue weighted by molar-refractivity contribution is -0.130. The molecule has 0 bridgehead atoms.